The van der Waals surface area contributed by atoms with E-state index < -0.39 is 29.8 Å². The van der Waals surface area contributed by atoms with E-state index in [2.05, 4.69) is 20.4 Å². The van der Waals surface area contributed by atoms with Crippen LogP contribution in [-0.2, 0) is 11.0 Å². The Balaban J connectivity index is 1.60. The van der Waals surface area contributed by atoms with Crippen LogP contribution in [0.15, 0.2) is 47.5 Å². The Labute approximate surface area is 205 Å². The van der Waals surface area contributed by atoms with Crippen molar-refractivity contribution in [1.82, 2.24) is 24.9 Å². The first-order valence-electron chi connectivity index (χ1n) is 10.2. The third-order valence-electron chi connectivity index (χ3n) is 5.61. The predicted octanol–water partition coefficient (Wildman–Crippen LogP) is 5.23. The standard InChI is InChI=1S/C22H15Cl2F3N6O2/c1-10-3-6-16-15(7-10)29-31-33(16)35-21(34)19-11(2)28-18-9-17(22(25,26)27)30-32(18)20(19)12-4-5-13(23)14(24)8-12/h3-9,19-20H,1-2H3. The van der Waals surface area contributed by atoms with Crippen molar-refractivity contribution in [1.29, 1.82) is 0 Å². The highest BCUT2D eigenvalue weighted by Gasteiger charge is 2.43. The number of rotatable bonds is 3. The minimum Gasteiger partial charge on any atom is -0.316 e. The van der Waals surface area contributed by atoms with Gasteiger partial charge in [0.05, 0.1) is 16.1 Å². The summed E-state index contributed by atoms with van der Waals surface area (Å²) in [5, 5.41) is 12.0. The first-order chi connectivity index (χ1) is 16.5. The van der Waals surface area contributed by atoms with Crippen molar-refractivity contribution in [2.75, 3.05) is 0 Å². The molecule has 4 aromatic rings. The molecule has 1 aliphatic rings. The second kappa shape index (κ2) is 8.35. The molecule has 0 saturated heterocycles. The molecule has 0 bridgehead atoms. The molecule has 2 aromatic heterocycles. The first-order valence-corrected chi connectivity index (χ1v) is 11.0. The van der Waals surface area contributed by atoms with Gasteiger partial charge in [0, 0.05) is 11.8 Å². The lowest BCUT2D eigenvalue weighted by atomic mass is 9.88. The zero-order valence-corrected chi connectivity index (χ0v) is 19.6. The van der Waals surface area contributed by atoms with Crippen LogP contribution in [0.3, 0.4) is 0 Å². The maximum absolute atomic E-state index is 13.4. The summed E-state index contributed by atoms with van der Waals surface area (Å²) in [6.45, 7) is 3.41. The van der Waals surface area contributed by atoms with E-state index in [-0.39, 0.29) is 21.6 Å². The topological polar surface area (TPSA) is 87.2 Å². The summed E-state index contributed by atoms with van der Waals surface area (Å²) in [4.78, 5) is 24.1. The van der Waals surface area contributed by atoms with Crippen LogP contribution in [0.4, 0.5) is 19.0 Å². The van der Waals surface area contributed by atoms with Crippen LogP contribution in [0, 0.1) is 12.8 Å². The highest BCUT2D eigenvalue weighted by Crippen LogP contribution is 2.41. The van der Waals surface area contributed by atoms with Crippen LogP contribution in [0.2, 0.25) is 10.0 Å². The fourth-order valence-electron chi connectivity index (χ4n) is 3.98. The summed E-state index contributed by atoms with van der Waals surface area (Å²) >= 11 is 12.2. The van der Waals surface area contributed by atoms with Gasteiger partial charge in [0.2, 0.25) is 0 Å². The van der Waals surface area contributed by atoms with Crippen molar-refractivity contribution in [3.8, 4) is 0 Å². The van der Waals surface area contributed by atoms with Crippen LogP contribution in [0.1, 0.15) is 29.8 Å². The van der Waals surface area contributed by atoms with Gasteiger partial charge in [-0.05, 0) is 54.5 Å². The number of hydrogen-bond acceptors (Lipinski definition) is 6. The highest BCUT2D eigenvalue weighted by atomic mass is 35.5. The minimum atomic E-state index is -4.70. The van der Waals surface area contributed by atoms with Gasteiger partial charge in [-0.1, -0.05) is 40.2 Å². The van der Waals surface area contributed by atoms with Gasteiger partial charge in [-0.25, -0.2) is 14.5 Å². The van der Waals surface area contributed by atoms with Crippen LogP contribution < -0.4 is 4.84 Å². The van der Waals surface area contributed by atoms with Gasteiger partial charge in [0.25, 0.3) is 0 Å². The summed E-state index contributed by atoms with van der Waals surface area (Å²) in [5.74, 6) is -2.02. The van der Waals surface area contributed by atoms with Crippen molar-refractivity contribution in [2.45, 2.75) is 26.1 Å². The Hall–Kier alpha value is -3.44. The summed E-state index contributed by atoms with van der Waals surface area (Å²) in [5.41, 5.74) is 1.38. The van der Waals surface area contributed by atoms with E-state index in [1.165, 1.54) is 19.1 Å². The Kier molecular flexibility index (Phi) is 5.56. The van der Waals surface area contributed by atoms with Crippen molar-refractivity contribution in [3.05, 3.63) is 69.3 Å². The van der Waals surface area contributed by atoms with E-state index >= 15 is 0 Å². The van der Waals surface area contributed by atoms with Gasteiger partial charge in [0.15, 0.2) is 11.5 Å². The minimum absolute atomic E-state index is 0.0587. The van der Waals surface area contributed by atoms with Gasteiger partial charge in [-0.2, -0.15) is 18.3 Å². The second-order valence-electron chi connectivity index (χ2n) is 8.04. The number of nitrogens with zero attached hydrogens (tertiary/aromatic N) is 6. The van der Waals surface area contributed by atoms with Crippen molar-refractivity contribution in [3.63, 3.8) is 0 Å². The molecule has 35 heavy (non-hydrogen) atoms. The third kappa shape index (κ3) is 4.14. The lowest BCUT2D eigenvalue weighted by Crippen LogP contribution is -2.40. The Morgan fingerprint density at radius 3 is 2.54 bits per heavy atom. The molecule has 3 heterocycles. The fourth-order valence-corrected chi connectivity index (χ4v) is 4.29. The smallest absolute Gasteiger partial charge is 0.316 e. The molecule has 0 N–H and O–H groups in total. The Morgan fingerprint density at radius 2 is 1.83 bits per heavy atom. The second-order valence-corrected chi connectivity index (χ2v) is 8.86. The van der Waals surface area contributed by atoms with Crippen LogP contribution in [0.25, 0.3) is 11.0 Å². The number of aromatic nitrogens is 5. The molecule has 5 rings (SSSR count). The fraction of sp³-hybridized carbons (Fsp3) is 0.227. The van der Waals surface area contributed by atoms with Crippen molar-refractivity contribution in [2.24, 2.45) is 10.9 Å². The number of benzene rings is 2. The molecule has 180 valence electrons. The Morgan fingerprint density at radius 1 is 1.06 bits per heavy atom. The number of halogens is 5. The Bertz CT molecular complexity index is 1510. The van der Waals surface area contributed by atoms with Crippen LogP contribution in [-0.4, -0.2) is 36.6 Å². The highest BCUT2D eigenvalue weighted by molar-refractivity contribution is 6.42. The van der Waals surface area contributed by atoms with Crippen LogP contribution in [0.5, 0.6) is 0 Å². The number of alkyl halides is 3. The largest absolute Gasteiger partial charge is 0.435 e. The predicted molar refractivity (Wildman–Crippen MR) is 122 cm³/mol. The van der Waals surface area contributed by atoms with Crippen LogP contribution >= 0.6 is 23.2 Å². The molecular weight excluding hydrogens is 508 g/mol. The van der Waals surface area contributed by atoms with Gasteiger partial charge in [-0.3, -0.25) is 0 Å². The van der Waals surface area contributed by atoms with Gasteiger partial charge >= 0.3 is 12.1 Å². The number of hydrogen-bond donors (Lipinski definition) is 0. The van der Waals surface area contributed by atoms with Crippen molar-refractivity contribution < 1.29 is 22.8 Å². The summed E-state index contributed by atoms with van der Waals surface area (Å²) in [6.07, 6.45) is -4.70. The molecule has 13 heteroatoms. The lowest BCUT2D eigenvalue weighted by molar-refractivity contribution is -0.149. The van der Waals surface area contributed by atoms with E-state index in [1.807, 2.05) is 6.92 Å². The summed E-state index contributed by atoms with van der Waals surface area (Å²) < 4.78 is 41.3. The lowest BCUT2D eigenvalue weighted by Gasteiger charge is -2.30. The summed E-state index contributed by atoms with van der Waals surface area (Å²) in [7, 11) is 0. The third-order valence-corrected chi connectivity index (χ3v) is 6.35. The number of carbonyl (C=O) groups excluding carboxylic acids is 1. The number of fused-ring (bicyclic) bond motifs is 2. The SMILES string of the molecule is CC1=Nc2cc(C(F)(F)F)nn2C(c2ccc(Cl)c(Cl)c2)C1C(=O)On1nnc2cc(C)ccc21. The van der Waals surface area contributed by atoms with E-state index in [0.29, 0.717) is 16.6 Å². The molecule has 2 unspecified atom stereocenters. The molecule has 0 saturated carbocycles. The quantitative estimate of drug-likeness (QED) is 0.344. The molecule has 2 aromatic carbocycles. The normalized spacial score (nSPS) is 17.9. The van der Waals surface area contributed by atoms with E-state index in [1.54, 1.807) is 24.3 Å². The zero-order valence-electron chi connectivity index (χ0n) is 18.1. The average Bonchev–Trinajstić information content (AvgIpc) is 3.38. The maximum Gasteiger partial charge on any atom is 0.435 e. The molecule has 0 radical (unpaired) electrons. The molecule has 0 aliphatic carbocycles. The molecular formula is C22H15Cl2F3N6O2. The van der Waals surface area contributed by atoms with Gasteiger partial charge < -0.3 is 4.84 Å². The molecule has 2 atom stereocenters. The van der Waals surface area contributed by atoms with E-state index in [4.69, 9.17) is 28.0 Å². The van der Waals surface area contributed by atoms with Gasteiger partial charge in [-0.15, -0.1) is 5.10 Å². The summed E-state index contributed by atoms with van der Waals surface area (Å²) in [6, 6.07) is 9.57. The average molecular weight is 523 g/mol. The van der Waals surface area contributed by atoms with Gasteiger partial charge in [0.1, 0.15) is 17.0 Å². The zero-order chi connectivity index (χ0) is 25.1. The molecule has 0 amide bonds. The molecule has 0 fully saturated rings. The number of carbonyl (C=O) groups is 1. The monoisotopic (exact) mass is 522 g/mol. The van der Waals surface area contributed by atoms with E-state index in [0.717, 1.165) is 21.2 Å². The first kappa shape index (κ1) is 23.3. The molecule has 1 aliphatic heterocycles. The van der Waals surface area contributed by atoms with E-state index in [9.17, 15) is 18.0 Å². The maximum atomic E-state index is 13.4. The molecule has 8 nitrogen and oxygen atoms in total. The molecule has 0 spiro atoms. The number of aryl methyl sites for hydroxylation is 1. The van der Waals surface area contributed by atoms with Crippen molar-refractivity contribution >= 4 is 51.7 Å². The number of aliphatic imine (C=N–C) groups is 1.